The molecule has 1 fully saturated rings. The number of hydrogen-bond acceptors (Lipinski definition) is 4. The molecule has 1 saturated heterocycles. The highest BCUT2D eigenvalue weighted by molar-refractivity contribution is 7.91. The van der Waals surface area contributed by atoms with Gasteiger partial charge in [-0.2, -0.15) is 0 Å². The summed E-state index contributed by atoms with van der Waals surface area (Å²) in [6.07, 6.45) is 0. The Morgan fingerprint density at radius 2 is 1.79 bits per heavy atom. The molecule has 2 rings (SSSR count). The van der Waals surface area contributed by atoms with E-state index in [2.05, 4.69) is 48.3 Å². The van der Waals surface area contributed by atoms with E-state index in [1.165, 1.54) is 5.56 Å². The molecular formula is C14H22N2O2S. The summed E-state index contributed by atoms with van der Waals surface area (Å²) in [5, 5.41) is 3.38. The van der Waals surface area contributed by atoms with Gasteiger partial charge in [0.25, 0.3) is 0 Å². The predicted molar refractivity (Wildman–Crippen MR) is 79.4 cm³/mol. The summed E-state index contributed by atoms with van der Waals surface area (Å²) >= 11 is 0. The van der Waals surface area contributed by atoms with Crippen LogP contribution in [0.15, 0.2) is 24.3 Å². The smallest absolute Gasteiger partial charge is 0.153 e. The quantitative estimate of drug-likeness (QED) is 0.911. The van der Waals surface area contributed by atoms with Crippen LogP contribution in [0.3, 0.4) is 0 Å². The normalized spacial score (nSPS) is 20.2. The zero-order valence-corrected chi connectivity index (χ0v) is 12.4. The van der Waals surface area contributed by atoms with Gasteiger partial charge in [-0.05, 0) is 31.2 Å². The van der Waals surface area contributed by atoms with E-state index >= 15 is 0 Å². The van der Waals surface area contributed by atoms with Crippen LogP contribution in [0, 0.1) is 0 Å². The largest absolute Gasteiger partial charge is 0.369 e. The first-order valence-corrected chi connectivity index (χ1v) is 8.62. The molecule has 0 saturated carbocycles. The van der Waals surface area contributed by atoms with Crippen molar-refractivity contribution in [2.24, 2.45) is 0 Å². The minimum absolute atomic E-state index is 0.266. The van der Waals surface area contributed by atoms with Gasteiger partial charge in [0, 0.05) is 24.8 Å². The van der Waals surface area contributed by atoms with E-state index in [1.807, 2.05) is 0 Å². The topological polar surface area (TPSA) is 49.4 Å². The molecule has 5 heteroatoms. The molecule has 0 radical (unpaired) electrons. The summed E-state index contributed by atoms with van der Waals surface area (Å²) in [6, 6.07) is 8.75. The highest BCUT2D eigenvalue weighted by Gasteiger charge is 2.21. The molecule has 1 aliphatic rings. The van der Waals surface area contributed by atoms with E-state index in [4.69, 9.17) is 0 Å². The van der Waals surface area contributed by atoms with Crippen LogP contribution in [0.5, 0.6) is 0 Å². The molecule has 106 valence electrons. The van der Waals surface area contributed by atoms with Crippen LogP contribution in [-0.4, -0.2) is 39.6 Å². The van der Waals surface area contributed by atoms with Crippen LogP contribution in [0.4, 0.5) is 5.69 Å². The first-order chi connectivity index (χ1) is 9.02. The third-order valence-corrected chi connectivity index (χ3v) is 5.22. The Kier molecular flexibility index (Phi) is 4.47. The lowest BCUT2D eigenvalue weighted by Crippen LogP contribution is -2.40. The van der Waals surface area contributed by atoms with Gasteiger partial charge in [0.1, 0.15) is 0 Å². The van der Waals surface area contributed by atoms with Crippen molar-refractivity contribution in [2.75, 3.05) is 36.0 Å². The van der Waals surface area contributed by atoms with Gasteiger partial charge in [0.15, 0.2) is 9.84 Å². The molecule has 1 N–H and O–H groups in total. The lowest BCUT2D eigenvalue weighted by Gasteiger charge is -2.29. The maximum atomic E-state index is 11.4. The average molecular weight is 282 g/mol. The molecule has 1 atom stereocenters. The van der Waals surface area contributed by atoms with E-state index in [0.29, 0.717) is 19.1 Å². The van der Waals surface area contributed by atoms with Crippen molar-refractivity contribution < 1.29 is 8.42 Å². The number of nitrogens with one attached hydrogen (secondary N) is 1. The van der Waals surface area contributed by atoms with E-state index in [1.54, 1.807) is 0 Å². The van der Waals surface area contributed by atoms with E-state index < -0.39 is 9.84 Å². The van der Waals surface area contributed by atoms with Gasteiger partial charge in [-0.1, -0.05) is 19.1 Å². The maximum Gasteiger partial charge on any atom is 0.153 e. The van der Waals surface area contributed by atoms with Crippen molar-refractivity contribution >= 4 is 15.5 Å². The number of rotatable bonds is 4. The number of nitrogens with zero attached hydrogens (tertiary/aromatic N) is 1. The fourth-order valence-electron chi connectivity index (χ4n) is 2.37. The van der Waals surface area contributed by atoms with Crippen molar-refractivity contribution in [1.82, 2.24) is 5.32 Å². The molecule has 1 aromatic carbocycles. The minimum Gasteiger partial charge on any atom is -0.369 e. The zero-order valence-electron chi connectivity index (χ0n) is 11.6. The number of hydrogen-bond donors (Lipinski definition) is 1. The van der Waals surface area contributed by atoms with E-state index in [0.717, 1.165) is 12.2 Å². The van der Waals surface area contributed by atoms with Gasteiger partial charge in [0.2, 0.25) is 0 Å². The summed E-state index contributed by atoms with van der Waals surface area (Å²) in [5.74, 6) is 0.533. The minimum atomic E-state index is -2.80. The Bertz CT molecular complexity index is 497. The third kappa shape index (κ3) is 3.70. The van der Waals surface area contributed by atoms with Crippen molar-refractivity contribution in [2.45, 2.75) is 19.9 Å². The van der Waals surface area contributed by atoms with Gasteiger partial charge >= 0.3 is 0 Å². The number of anilines is 1. The van der Waals surface area contributed by atoms with Gasteiger partial charge in [0.05, 0.1) is 11.5 Å². The van der Waals surface area contributed by atoms with Crippen LogP contribution in [0.1, 0.15) is 25.5 Å². The second kappa shape index (κ2) is 5.92. The van der Waals surface area contributed by atoms with E-state index in [-0.39, 0.29) is 11.5 Å². The first kappa shape index (κ1) is 14.3. The Balaban J connectivity index is 2.03. The summed E-state index contributed by atoms with van der Waals surface area (Å²) in [4.78, 5) is 2.14. The SMILES string of the molecule is CCNC(C)c1ccc(N2CCS(=O)(=O)CC2)cc1. The van der Waals surface area contributed by atoms with Gasteiger partial charge in [-0.3, -0.25) is 0 Å². The van der Waals surface area contributed by atoms with Crippen LogP contribution in [0.2, 0.25) is 0 Å². The van der Waals surface area contributed by atoms with Crippen molar-refractivity contribution in [3.8, 4) is 0 Å². The molecule has 0 spiro atoms. The van der Waals surface area contributed by atoms with Crippen LogP contribution >= 0.6 is 0 Å². The summed E-state index contributed by atoms with van der Waals surface area (Å²) < 4.78 is 22.8. The molecule has 1 aromatic rings. The zero-order chi connectivity index (χ0) is 13.9. The van der Waals surface area contributed by atoms with E-state index in [9.17, 15) is 8.42 Å². The van der Waals surface area contributed by atoms with Crippen LogP contribution in [-0.2, 0) is 9.84 Å². The Morgan fingerprint density at radius 1 is 1.21 bits per heavy atom. The lowest BCUT2D eigenvalue weighted by atomic mass is 10.1. The predicted octanol–water partition coefficient (Wildman–Crippen LogP) is 1.59. The molecular weight excluding hydrogens is 260 g/mol. The van der Waals surface area contributed by atoms with Crippen molar-refractivity contribution in [3.63, 3.8) is 0 Å². The molecule has 1 aliphatic heterocycles. The maximum absolute atomic E-state index is 11.4. The second-order valence-corrected chi connectivity index (χ2v) is 7.31. The molecule has 0 bridgehead atoms. The molecule has 0 aliphatic carbocycles. The van der Waals surface area contributed by atoms with Crippen molar-refractivity contribution in [1.29, 1.82) is 0 Å². The summed E-state index contributed by atoms with van der Waals surface area (Å²) in [6.45, 7) is 6.40. The molecule has 0 aromatic heterocycles. The third-order valence-electron chi connectivity index (χ3n) is 3.61. The highest BCUT2D eigenvalue weighted by Crippen LogP contribution is 2.20. The second-order valence-electron chi connectivity index (χ2n) is 5.01. The molecule has 1 unspecified atom stereocenters. The summed E-state index contributed by atoms with van der Waals surface area (Å²) in [5.41, 5.74) is 2.37. The molecule has 0 amide bonds. The van der Waals surface area contributed by atoms with Crippen LogP contribution < -0.4 is 10.2 Å². The monoisotopic (exact) mass is 282 g/mol. The average Bonchev–Trinajstić information content (AvgIpc) is 2.39. The van der Waals surface area contributed by atoms with Crippen molar-refractivity contribution in [3.05, 3.63) is 29.8 Å². The number of benzene rings is 1. The summed E-state index contributed by atoms with van der Waals surface area (Å²) in [7, 11) is -2.80. The number of sulfone groups is 1. The Labute approximate surface area is 115 Å². The first-order valence-electron chi connectivity index (χ1n) is 6.80. The fourth-order valence-corrected chi connectivity index (χ4v) is 3.57. The molecule has 19 heavy (non-hydrogen) atoms. The van der Waals surface area contributed by atoms with Gasteiger partial charge in [-0.25, -0.2) is 8.42 Å². The lowest BCUT2D eigenvalue weighted by molar-refractivity contribution is 0.586. The Hall–Kier alpha value is -1.07. The van der Waals surface area contributed by atoms with Gasteiger partial charge in [-0.15, -0.1) is 0 Å². The van der Waals surface area contributed by atoms with Gasteiger partial charge < -0.3 is 10.2 Å². The molecule has 4 nitrogen and oxygen atoms in total. The van der Waals surface area contributed by atoms with Crippen LogP contribution in [0.25, 0.3) is 0 Å². The highest BCUT2D eigenvalue weighted by atomic mass is 32.2. The Morgan fingerprint density at radius 3 is 2.32 bits per heavy atom. The molecule has 1 heterocycles. The standard InChI is InChI=1S/C14H22N2O2S/c1-3-15-12(2)13-4-6-14(7-5-13)16-8-10-19(17,18)11-9-16/h4-7,12,15H,3,8-11H2,1-2H3. The fraction of sp³-hybridized carbons (Fsp3) is 0.571.